The van der Waals surface area contributed by atoms with E-state index in [2.05, 4.69) is 9.88 Å². The Hall–Kier alpha value is -1.92. The van der Waals surface area contributed by atoms with Crippen molar-refractivity contribution >= 4 is 11.6 Å². The summed E-state index contributed by atoms with van der Waals surface area (Å²) in [7, 11) is 0. The number of amides is 1. The van der Waals surface area contributed by atoms with Crippen LogP contribution in [0.5, 0.6) is 0 Å². The van der Waals surface area contributed by atoms with Crippen molar-refractivity contribution in [2.24, 2.45) is 0 Å². The zero-order valence-corrected chi connectivity index (χ0v) is 14.8. The summed E-state index contributed by atoms with van der Waals surface area (Å²) in [6.07, 6.45) is 7.18. The first-order valence-corrected chi connectivity index (χ1v) is 9.25. The number of aliphatic hydroxyl groups excluding tert-OH is 1. The highest BCUT2D eigenvalue weighted by Gasteiger charge is 2.33. The maximum atomic E-state index is 12.6. The Morgan fingerprint density at radius 2 is 2.08 bits per heavy atom. The van der Waals surface area contributed by atoms with E-state index in [0.29, 0.717) is 12.5 Å². The van der Waals surface area contributed by atoms with Crippen LogP contribution >= 0.6 is 0 Å². The van der Waals surface area contributed by atoms with Gasteiger partial charge in [0, 0.05) is 44.6 Å². The molecule has 0 radical (unpaired) electrons. The fraction of sp³-hybridized carbons (Fsp3) is 0.579. The maximum Gasteiger partial charge on any atom is 0.228 e. The number of pyridine rings is 1. The van der Waals surface area contributed by atoms with Crippen molar-refractivity contribution in [3.8, 4) is 0 Å². The van der Waals surface area contributed by atoms with Crippen LogP contribution in [-0.2, 0) is 11.2 Å². The molecule has 1 saturated heterocycles. The quantitative estimate of drug-likeness (QED) is 0.912. The Bertz CT molecular complexity index is 764. The normalized spacial score (nSPS) is 25.0. The van der Waals surface area contributed by atoms with Gasteiger partial charge in [0.2, 0.25) is 5.91 Å². The number of carbonyl (C=O) groups is 1. The molecule has 134 valence electrons. The van der Waals surface area contributed by atoms with Gasteiger partial charge in [-0.1, -0.05) is 6.07 Å². The Kier molecular flexibility index (Phi) is 4.48. The first-order valence-electron chi connectivity index (χ1n) is 9.25. The van der Waals surface area contributed by atoms with Gasteiger partial charge >= 0.3 is 0 Å². The highest BCUT2D eigenvalue weighted by Crippen LogP contribution is 2.25. The molecule has 2 aromatic heterocycles. The number of aromatic nitrogens is 2. The minimum Gasteiger partial charge on any atom is -0.391 e. The molecule has 6 heteroatoms. The lowest BCUT2D eigenvalue weighted by molar-refractivity contribution is -0.132. The molecule has 0 unspecified atom stereocenters. The predicted octanol–water partition coefficient (Wildman–Crippen LogP) is 1.24. The van der Waals surface area contributed by atoms with Gasteiger partial charge in [0.05, 0.1) is 18.2 Å². The van der Waals surface area contributed by atoms with Gasteiger partial charge in [0.1, 0.15) is 5.65 Å². The number of fused-ring (bicyclic) bond motifs is 1. The number of hydrogen-bond donors (Lipinski definition) is 1. The van der Waals surface area contributed by atoms with Crippen LogP contribution in [-0.4, -0.2) is 68.5 Å². The van der Waals surface area contributed by atoms with Crippen LogP contribution in [0, 0.1) is 6.92 Å². The number of nitrogens with zero attached hydrogens (tertiary/aromatic N) is 4. The second-order valence-electron chi connectivity index (χ2n) is 7.31. The van der Waals surface area contributed by atoms with E-state index in [1.165, 1.54) is 0 Å². The molecule has 1 saturated carbocycles. The third-order valence-corrected chi connectivity index (χ3v) is 5.64. The van der Waals surface area contributed by atoms with Crippen LogP contribution in [0.1, 0.15) is 30.5 Å². The van der Waals surface area contributed by atoms with E-state index in [0.717, 1.165) is 62.3 Å². The molecule has 2 atom stereocenters. The average molecular weight is 342 g/mol. The first kappa shape index (κ1) is 16.5. The van der Waals surface area contributed by atoms with Gasteiger partial charge in [-0.2, -0.15) is 0 Å². The van der Waals surface area contributed by atoms with E-state index in [9.17, 15) is 9.90 Å². The van der Waals surface area contributed by atoms with Crippen molar-refractivity contribution in [1.29, 1.82) is 0 Å². The molecule has 4 rings (SSSR count). The number of rotatable bonds is 3. The van der Waals surface area contributed by atoms with Crippen LogP contribution in [0.2, 0.25) is 0 Å². The molecule has 1 amide bonds. The third-order valence-electron chi connectivity index (χ3n) is 5.64. The predicted molar refractivity (Wildman–Crippen MR) is 95.4 cm³/mol. The Balaban J connectivity index is 1.36. The Labute approximate surface area is 148 Å². The summed E-state index contributed by atoms with van der Waals surface area (Å²) in [6, 6.07) is 4.32. The zero-order valence-electron chi connectivity index (χ0n) is 14.8. The summed E-state index contributed by atoms with van der Waals surface area (Å²) >= 11 is 0. The summed E-state index contributed by atoms with van der Waals surface area (Å²) in [5.41, 5.74) is 2.86. The lowest BCUT2D eigenvalue weighted by Gasteiger charge is -2.39. The largest absolute Gasteiger partial charge is 0.391 e. The topological polar surface area (TPSA) is 61.1 Å². The zero-order chi connectivity index (χ0) is 17.4. The van der Waals surface area contributed by atoms with E-state index in [-0.39, 0.29) is 12.0 Å². The van der Waals surface area contributed by atoms with Crippen LogP contribution in [0.25, 0.3) is 5.65 Å². The molecule has 1 N–H and O–H groups in total. The molecule has 2 aromatic rings. The third kappa shape index (κ3) is 3.28. The van der Waals surface area contributed by atoms with Gasteiger partial charge in [0.25, 0.3) is 0 Å². The minimum absolute atomic E-state index is 0.146. The van der Waals surface area contributed by atoms with Gasteiger partial charge in [-0.25, -0.2) is 4.98 Å². The molecule has 3 heterocycles. The summed E-state index contributed by atoms with van der Waals surface area (Å²) in [6.45, 7) is 5.24. The molecule has 2 fully saturated rings. The van der Waals surface area contributed by atoms with Crippen molar-refractivity contribution in [3.05, 3.63) is 35.8 Å². The SMILES string of the molecule is Cc1cccn2cc(CC(=O)N3CCN([C@H]4CCC[C@@H]4O)CC3)nc12. The highest BCUT2D eigenvalue weighted by molar-refractivity contribution is 5.78. The maximum absolute atomic E-state index is 12.6. The molecule has 0 spiro atoms. The fourth-order valence-corrected chi connectivity index (χ4v) is 4.21. The Morgan fingerprint density at radius 1 is 1.28 bits per heavy atom. The van der Waals surface area contributed by atoms with Crippen LogP contribution in [0.4, 0.5) is 0 Å². The number of aryl methyl sites for hydroxylation is 1. The van der Waals surface area contributed by atoms with Crippen LogP contribution < -0.4 is 0 Å². The fourth-order valence-electron chi connectivity index (χ4n) is 4.21. The van der Waals surface area contributed by atoms with Gasteiger partial charge in [-0.15, -0.1) is 0 Å². The number of aliphatic hydroxyl groups is 1. The average Bonchev–Trinajstić information content (AvgIpc) is 3.21. The van der Waals surface area contributed by atoms with Gasteiger partial charge in [-0.3, -0.25) is 9.69 Å². The second-order valence-corrected chi connectivity index (χ2v) is 7.31. The Morgan fingerprint density at radius 3 is 2.76 bits per heavy atom. The second kappa shape index (κ2) is 6.77. The molecule has 1 aliphatic heterocycles. The molecule has 2 aliphatic rings. The number of piperazine rings is 1. The minimum atomic E-state index is -0.191. The lowest BCUT2D eigenvalue weighted by Crippen LogP contribution is -2.53. The summed E-state index contributed by atoms with van der Waals surface area (Å²) < 4.78 is 1.98. The van der Waals surface area contributed by atoms with E-state index < -0.39 is 0 Å². The number of hydrogen-bond acceptors (Lipinski definition) is 4. The molecular weight excluding hydrogens is 316 g/mol. The van der Waals surface area contributed by atoms with Crippen molar-refractivity contribution in [2.45, 2.75) is 44.8 Å². The van der Waals surface area contributed by atoms with Crippen molar-refractivity contribution in [2.75, 3.05) is 26.2 Å². The van der Waals surface area contributed by atoms with Gasteiger partial charge < -0.3 is 14.4 Å². The smallest absolute Gasteiger partial charge is 0.228 e. The van der Waals surface area contributed by atoms with Crippen LogP contribution in [0.3, 0.4) is 0 Å². The van der Waals surface area contributed by atoms with Crippen molar-refractivity contribution in [3.63, 3.8) is 0 Å². The van der Waals surface area contributed by atoms with Crippen molar-refractivity contribution in [1.82, 2.24) is 19.2 Å². The van der Waals surface area contributed by atoms with Gasteiger partial charge in [0.15, 0.2) is 0 Å². The first-order chi connectivity index (χ1) is 12.1. The standard InChI is InChI=1S/C19H26N4O2/c1-14-4-3-7-23-13-15(20-19(14)23)12-18(25)22-10-8-21(9-11-22)16-5-2-6-17(16)24/h3-4,7,13,16-17,24H,2,5-6,8-12H2,1H3/t16-,17-/m0/s1. The van der Waals surface area contributed by atoms with Gasteiger partial charge in [-0.05, 0) is 37.8 Å². The van der Waals surface area contributed by atoms with E-state index >= 15 is 0 Å². The molecule has 0 aromatic carbocycles. The molecule has 6 nitrogen and oxygen atoms in total. The molecule has 0 bridgehead atoms. The van der Waals surface area contributed by atoms with E-state index in [4.69, 9.17) is 0 Å². The van der Waals surface area contributed by atoms with E-state index in [1.807, 2.05) is 40.8 Å². The summed E-state index contributed by atoms with van der Waals surface area (Å²) in [4.78, 5) is 21.5. The lowest BCUT2D eigenvalue weighted by atomic mass is 10.1. The summed E-state index contributed by atoms with van der Waals surface area (Å²) in [5.74, 6) is 0.146. The molecular formula is C19H26N4O2. The van der Waals surface area contributed by atoms with Crippen LogP contribution in [0.15, 0.2) is 24.5 Å². The number of imidazole rings is 1. The van der Waals surface area contributed by atoms with E-state index in [1.54, 1.807) is 0 Å². The monoisotopic (exact) mass is 342 g/mol. The van der Waals surface area contributed by atoms with Crippen molar-refractivity contribution < 1.29 is 9.90 Å². The molecule has 25 heavy (non-hydrogen) atoms. The summed E-state index contributed by atoms with van der Waals surface area (Å²) in [5, 5.41) is 10.1. The molecule has 1 aliphatic carbocycles. The number of carbonyl (C=O) groups excluding carboxylic acids is 1. The highest BCUT2D eigenvalue weighted by atomic mass is 16.3.